The van der Waals surface area contributed by atoms with E-state index in [0.29, 0.717) is 6.04 Å². The molecular weight excluding hydrogens is 338 g/mol. The van der Waals surface area contributed by atoms with E-state index in [2.05, 4.69) is 80.3 Å². The molecule has 1 atom stereocenters. The lowest BCUT2D eigenvalue weighted by atomic mass is 10.0. The summed E-state index contributed by atoms with van der Waals surface area (Å²) in [5, 5.41) is 13.0. The summed E-state index contributed by atoms with van der Waals surface area (Å²) in [5.74, 6) is 1.00. The quantitative estimate of drug-likeness (QED) is 0.805. The highest BCUT2D eigenvalue weighted by Gasteiger charge is 2.32. The van der Waals surface area contributed by atoms with Crippen LogP contribution < -0.4 is 4.90 Å². The fraction of sp³-hybridized carbons (Fsp3) is 0.650. The molecule has 1 aliphatic carbocycles. The second-order valence-electron chi connectivity index (χ2n) is 8.15. The lowest BCUT2D eigenvalue weighted by molar-refractivity contribution is 0.120. The first-order valence-electron chi connectivity index (χ1n) is 10.1. The van der Waals surface area contributed by atoms with Gasteiger partial charge in [-0.15, -0.1) is 5.10 Å². The molecule has 1 aromatic carbocycles. The van der Waals surface area contributed by atoms with E-state index in [9.17, 15) is 0 Å². The fourth-order valence-corrected chi connectivity index (χ4v) is 4.35. The highest BCUT2D eigenvalue weighted by molar-refractivity contribution is 5.47. The van der Waals surface area contributed by atoms with E-state index in [-0.39, 0.29) is 6.04 Å². The molecule has 0 N–H and O–H groups in total. The van der Waals surface area contributed by atoms with Crippen molar-refractivity contribution in [2.75, 3.05) is 52.2 Å². The highest BCUT2D eigenvalue weighted by atomic mass is 15.6. The lowest BCUT2D eigenvalue weighted by Gasteiger charge is -2.37. The zero-order chi connectivity index (χ0) is 18.8. The van der Waals surface area contributed by atoms with E-state index in [1.165, 1.54) is 36.9 Å². The van der Waals surface area contributed by atoms with Crippen LogP contribution in [0, 0.1) is 0 Å². The Morgan fingerprint density at radius 3 is 2.30 bits per heavy atom. The molecule has 1 saturated heterocycles. The van der Waals surface area contributed by atoms with Crippen LogP contribution in [0.25, 0.3) is 0 Å². The predicted molar refractivity (Wildman–Crippen MR) is 107 cm³/mol. The molecule has 146 valence electrons. The third-order valence-electron chi connectivity index (χ3n) is 6.06. The highest BCUT2D eigenvalue weighted by Crippen LogP contribution is 2.34. The van der Waals surface area contributed by atoms with Crippen LogP contribution in [-0.2, 0) is 0 Å². The molecule has 2 aliphatic rings. The largest absolute Gasteiger partial charge is 0.378 e. The van der Waals surface area contributed by atoms with Gasteiger partial charge in [-0.3, -0.25) is 4.90 Å². The molecule has 0 amide bonds. The fourth-order valence-electron chi connectivity index (χ4n) is 4.35. The van der Waals surface area contributed by atoms with Crippen molar-refractivity contribution in [1.82, 2.24) is 30.0 Å². The molecular formula is C20H31N7. The first kappa shape index (κ1) is 18.4. The van der Waals surface area contributed by atoms with Gasteiger partial charge in [0.25, 0.3) is 0 Å². The first-order chi connectivity index (χ1) is 13.1. The Morgan fingerprint density at radius 1 is 1.00 bits per heavy atom. The Kier molecular flexibility index (Phi) is 5.41. The minimum absolute atomic E-state index is 0.116. The normalized spacial score (nSPS) is 20.9. The third kappa shape index (κ3) is 3.84. The Balaban J connectivity index is 1.69. The van der Waals surface area contributed by atoms with Crippen molar-refractivity contribution in [2.24, 2.45) is 0 Å². The van der Waals surface area contributed by atoms with Crippen LogP contribution in [-0.4, -0.2) is 77.3 Å². The summed E-state index contributed by atoms with van der Waals surface area (Å²) in [6.45, 7) is 4.23. The molecule has 7 nitrogen and oxygen atoms in total. The number of hydrogen-bond acceptors (Lipinski definition) is 6. The van der Waals surface area contributed by atoms with Crippen molar-refractivity contribution >= 4 is 5.69 Å². The topological polar surface area (TPSA) is 53.3 Å². The minimum atomic E-state index is 0.116. The summed E-state index contributed by atoms with van der Waals surface area (Å²) < 4.78 is 2.12. The number of aromatic nitrogens is 4. The number of tetrazole rings is 1. The zero-order valence-corrected chi connectivity index (χ0v) is 16.8. The molecule has 2 heterocycles. The molecule has 7 heteroatoms. The number of hydrogen-bond donors (Lipinski definition) is 0. The second kappa shape index (κ2) is 7.94. The van der Waals surface area contributed by atoms with Gasteiger partial charge in [-0.05, 0) is 48.0 Å². The SMILES string of the molecule is CN1CCN([C@@H](c2ccc(N(C)C)cc2)c2nnnn2C2CCCC2)CC1. The standard InChI is InChI=1S/C20H31N7/c1-24(2)17-10-8-16(9-11-17)19(26-14-12-25(3)13-15-26)20-21-22-23-27(20)18-6-4-5-7-18/h8-11,18-19H,4-7,12-15H2,1-3H3/t19-/m0/s1. The summed E-state index contributed by atoms with van der Waals surface area (Å²) in [4.78, 5) is 7.07. The monoisotopic (exact) mass is 369 g/mol. The summed E-state index contributed by atoms with van der Waals surface area (Å²) >= 11 is 0. The molecule has 2 fully saturated rings. The first-order valence-corrected chi connectivity index (χ1v) is 10.1. The number of likely N-dealkylation sites (N-methyl/N-ethyl adjacent to an activating group) is 1. The van der Waals surface area contributed by atoms with Gasteiger partial charge in [-0.2, -0.15) is 0 Å². The summed E-state index contributed by atoms with van der Waals surface area (Å²) in [7, 11) is 6.35. The Morgan fingerprint density at radius 2 is 1.67 bits per heavy atom. The van der Waals surface area contributed by atoms with E-state index in [4.69, 9.17) is 0 Å². The van der Waals surface area contributed by atoms with Gasteiger partial charge < -0.3 is 9.80 Å². The van der Waals surface area contributed by atoms with E-state index < -0.39 is 0 Å². The van der Waals surface area contributed by atoms with Gasteiger partial charge in [-0.1, -0.05) is 25.0 Å². The predicted octanol–water partition coefficient (Wildman–Crippen LogP) is 2.19. The Labute approximate surface area is 161 Å². The molecule has 0 unspecified atom stereocenters. The van der Waals surface area contributed by atoms with Crippen molar-refractivity contribution in [3.63, 3.8) is 0 Å². The third-order valence-corrected chi connectivity index (χ3v) is 6.06. The molecule has 1 saturated carbocycles. The summed E-state index contributed by atoms with van der Waals surface area (Å²) in [6.07, 6.45) is 4.93. The molecule has 27 heavy (non-hydrogen) atoms. The van der Waals surface area contributed by atoms with Crippen LogP contribution in [0.4, 0.5) is 5.69 Å². The minimum Gasteiger partial charge on any atom is -0.378 e. The van der Waals surface area contributed by atoms with E-state index in [1.54, 1.807) is 0 Å². The van der Waals surface area contributed by atoms with E-state index >= 15 is 0 Å². The zero-order valence-electron chi connectivity index (χ0n) is 16.8. The molecule has 1 aromatic heterocycles. The van der Waals surface area contributed by atoms with Crippen molar-refractivity contribution in [3.05, 3.63) is 35.7 Å². The van der Waals surface area contributed by atoms with Crippen LogP contribution in [0.15, 0.2) is 24.3 Å². The molecule has 1 aliphatic heterocycles. The number of anilines is 1. The number of benzene rings is 1. The van der Waals surface area contributed by atoms with Gasteiger partial charge in [0.05, 0.1) is 12.1 Å². The van der Waals surface area contributed by atoms with Gasteiger partial charge >= 0.3 is 0 Å². The molecule has 2 aromatic rings. The number of rotatable bonds is 5. The van der Waals surface area contributed by atoms with Gasteiger partial charge in [0, 0.05) is 46.0 Å². The molecule has 0 radical (unpaired) electrons. The van der Waals surface area contributed by atoms with Gasteiger partial charge in [0.1, 0.15) is 0 Å². The van der Waals surface area contributed by atoms with Gasteiger partial charge in [0.2, 0.25) is 0 Å². The maximum absolute atomic E-state index is 4.53. The van der Waals surface area contributed by atoms with E-state index in [0.717, 1.165) is 32.0 Å². The Hall–Kier alpha value is -1.99. The van der Waals surface area contributed by atoms with Crippen LogP contribution in [0.5, 0.6) is 0 Å². The maximum Gasteiger partial charge on any atom is 0.173 e. The summed E-state index contributed by atoms with van der Waals surface area (Å²) in [6, 6.07) is 9.44. The van der Waals surface area contributed by atoms with Gasteiger partial charge in [0.15, 0.2) is 5.82 Å². The smallest absolute Gasteiger partial charge is 0.173 e. The van der Waals surface area contributed by atoms with Crippen molar-refractivity contribution in [2.45, 2.75) is 37.8 Å². The second-order valence-corrected chi connectivity index (χ2v) is 8.15. The number of nitrogens with zero attached hydrogens (tertiary/aromatic N) is 7. The lowest BCUT2D eigenvalue weighted by Crippen LogP contribution is -2.46. The van der Waals surface area contributed by atoms with Crippen molar-refractivity contribution in [3.8, 4) is 0 Å². The Bertz CT molecular complexity index is 725. The molecule has 4 rings (SSSR count). The van der Waals surface area contributed by atoms with Crippen LogP contribution >= 0.6 is 0 Å². The van der Waals surface area contributed by atoms with Gasteiger partial charge in [-0.25, -0.2) is 4.68 Å². The molecule has 0 spiro atoms. The van der Waals surface area contributed by atoms with Crippen molar-refractivity contribution in [1.29, 1.82) is 0 Å². The maximum atomic E-state index is 4.53. The van der Waals surface area contributed by atoms with Crippen LogP contribution in [0.1, 0.15) is 49.2 Å². The van der Waals surface area contributed by atoms with Crippen LogP contribution in [0.3, 0.4) is 0 Å². The molecule has 0 bridgehead atoms. The van der Waals surface area contributed by atoms with E-state index in [1.807, 2.05) is 0 Å². The average molecular weight is 370 g/mol. The van der Waals surface area contributed by atoms with Crippen LogP contribution in [0.2, 0.25) is 0 Å². The summed E-state index contributed by atoms with van der Waals surface area (Å²) in [5.41, 5.74) is 2.49. The van der Waals surface area contributed by atoms with Crippen molar-refractivity contribution < 1.29 is 0 Å². The average Bonchev–Trinajstić information content (AvgIpc) is 3.35. The number of piperazine rings is 1.